The molecule has 0 amide bonds. The lowest BCUT2D eigenvalue weighted by molar-refractivity contribution is -0.0202. The summed E-state index contributed by atoms with van der Waals surface area (Å²) in [4.78, 5) is 2.71. The fourth-order valence-electron chi connectivity index (χ4n) is 2.33. The molecule has 2 fully saturated rings. The molecule has 0 spiro atoms. The molecule has 70 valence electrons. The summed E-state index contributed by atoms with van der Waals surface area (Å²) in [7, 11) is 0. The van der Waals surface area contributed by atoms with Gasteiger partial charge in [0.1, 0.15) is 0 Å². The Kier molecular flexibility index (Phi) is 2.39. The van der Waals surface area contributed by atoms with Gasteiger partial charge in [-0.15, -0.1) is 0 Å². The lowest BCUT2D eigenvalue weighted by Crippen LogP contribution is -2.61. The zero-order chi connectivity index (χ0) is 8.60. The SMILES string of the molecule is CC1(C)CCN1C1CCCSC1. The number of thioether (sulfide) groups is 1. The van der Waals surface area contributed by atoms with E-state index in [9.17, 15) is 0 Å². The van der Waals surface area contributed by atoms with Crippen LogP contribution in [0, 0.1) is 0 Å². The summed E-state index contributed by atoms with van der Waals surface area (Å²) < 4.78 is 0. The molecule has 1 nitrogen and oxygen atoms in total. The van der Waals surface area contributed by atoms with E-state index in [4.69, 9.17) is 0 Å². The molecule has 12 heavy (non-hydrogen) atoms. The zero-order valence-corrected chi connectivity index (χ0v) is 8.99. The van der Waals surface area contributed by atoms with Gasteiger partial charge in [-0.2, -0.15) is 11.8 Å². The first-order valence-electron chi connectivity index (χ1n) is 5.05. The van der Waals surface area contributed by atoms with Crippen molar-refractivity contribution in [2.75, 3.05) is 18.1 Å². The van der Waals surface area contributed by atoms with Gasteiger partial charge in [-0.1, -0.05) is 0 Å². The summed E-state index contributed by atoms with van der Waals surface area (Å²) in [5, 5.41) is 0. The second-order valence-electron chi connectivity index (χ2n) is 4.63. The van der Waals surface area contributed by atoms with Gasteiger partial charge in [0, 0.05) is 23.9 Å². The first-order chi connectivity index (χ1) is 5.70. The van der Waals surface area contributed by atoms with Gasteiger partial charge in [0.05, 0.1) is 0 Å². The maximum Gasteiger partial charge on any atom is 0.0192 e. The van der Waals surface area contributed by atoms with Crippen molar-refractivity contribution in [1.29, 1.82) is 0 Å². The fraction of sp³-hybridized carbons (Fsp3) is 1.00. The molecular weight excluding hydrogens is 166 g/mol. The first kappa shape index (κ1) is 8.89. The van der Waals surface area contributed by atoms with Crippen LogP contribution in [0.25, 0.3) is 0 Å². The van der Waals surface area contributed by atoms with Crippen molar-refractivity contribution in [3.63, 3.8) is 0 Å². The molecule has 0 radical (unpaired) electrons. The molecule has 0 aromatic carbocycles. The standard InChI is InChI=1S/C10H19NS/c1-10(2)5-6-11(10)9-4-3-7-12-8-9/h9H,3-8H2,1-2H3. The second-order valence-corrected chi connectivity index (χ2v) is 5.78. The van der Waals surface area contributed by atoms with Crippen LogP contribution in [0.15, 0.2) is 0 Å². The van der Waals surface area contributed by atoms with Crippen LogP contribution in [0.5, 0.6) is 0 Å². The molecule has 2 aliphatic heterocycles. The zero-order valence-electron chi connectivity index (χ0n) is 8.18. The third-order valence-corrected chi connectivity index (χ3v) is 4.52. The molecule has 0 bridgehead atoms. The molecule has 2 heteroatoms. The van der Waals surface area contributed by atoms with Crippen molar-refractivity contribution >= 4 is 11.8 Å². The van der Waals surface area contributed by atoms with E-state index >= 15 is 0 Å². The van der Waals surface area contributed by atoms with Gasteiger partial charge in [-0.25, -0.2) is 0 Å². The van der Waals surface area contributed by atoms with E-state index in [1.54, 1.807) is 0 Å². The molecule has 0 saturated carbocycles. The Bertz CT molecular complexity index is 161. The molecule has 0 aromatic rings. The van der Waals surface area contributed by atoms with Crippen molar-refractivity contribution in [1.82, 2.24) is 4.90 Å². The molecule has 1 atom stereocenters. The highest BCUT2D eigenvalue weighted by molar-refractivity contribution is 7.99. The molecule has 2 rings (SSSR count). The van der Waals surface area contributed by atoms with Gasteiger partial charge in [0.25, 0.3) is 0 Å². The van der Waals surface area contributed by atoms with Crippen LogP contribution in [0.1, 0.15) is 33.1 Å². The molecule has 0 aromatic heterocycles. The molecular formula is C10H19NS. The third kappa shape index (κ3) is 1.51. The third-order valence-electron chi connectivity index (χ3n) is 3.32. The lowest BCUT2D eigenvalue weighted by atomic mass is 9.86. The quantitative estimate of drug-likeness (QED) is 0.617. The van der Waals surface area contributed by atoms with Crippen LogP contribution in [0.2, 0.25) is 0 Å². The Morgan fingerprint density at radius 1 is 1.42 bits per heavy atom. The van der Waals surface area contributed by atoms with Crippen molar-refractivity contribution in [3.05, 3.63) is 0 Å². The molecule has 2 saturated heterocycles. The summed E-state index contributed by atoms with van der Waals surface area (Å²) in [6.07, 6.45) is 4.27. The van der Waals surface area contributed by atoms with Crippen molar-refractivity contribution in [2.24, 2.45) is 0 Å². The van der Waals surface area contributed by atoms with Crippen LogP contribution in [0.3, 0.4) is 0 Å². The number of hydrogen-bond donors (Lipinski definition) is 0. The Morgan fingerprint density at radius 2 is 2.25 bits per heavy atom. The van der Waals surface area contributed by atoms with Gasteiger partial charge in [0.15, 0.2) is 0 Å². The highest BCUT2D eigenvalue weighted by Crippen LogP contribution is 2.35. The Balaban J connectivity index is 1.91. The monoisotopic (exact) mass is 185 g/mol. The van der Waals surface area contributed by atoms with E-state index in [0.717, 1.165) is 6.04 Å². The Labute approximate surface area is 79.9 Å². The molecule has 0 N–H and O–H groups in total. The van der Waals surface area contributed by atoms with Gasteiger partial charge in [-0.05, 0) is 38.9 Å². The predicted molar refractivity (Wildman–Crippen MR) is 55.7 cm³/mol. The van der Waals surface area contributed by atoms with E-state index in [1.165, 1.54) is 37.3 Å². The topological polar surface area (TPSA) is 3.24 Å². The van der Waals surface area contributed by atoms with Crippen molar-refractivity contribution in [3.8, 4) is 0 Å². The van der Waals surface area contributed by atoms with E-state index in [0.29, 0.717) is 5.54 Å². The van der Waals surface area contributed by atoms with E-state index < -0.39 is 0 Å². The van der Waals surface area contributed by atoms with Gasteiger partial charge in [-0.3, -0.25) is 4.90 Å². The smallest absolute Gasteiger partial charge is 0.0192 e. The molecule has 2 heterocycles. The summed E-state index contributed by atoms with van der Waals surface area (Å²) in [6.45, 7) is 6.11. The Morgan fingerprint density at radius 3 is 2.67 bits per heavy atom. The van der Waals surface area contributed by atoms with Crippen LogP contribution in [-0.2, 0) is 0 Å². The average Bonchev–Trinajstić information content (AvgIpc) is 2.05. The van der Waals surface area contributed by atoms with Crippen LogP contribution in [-0.4, -0.2) is 34.5 Å². The molecule has 0 aliphatic carbocycles. The van der Waals surface area contributed by atoms with Crippen LogP contribution in [0.4, 0.5) is 0 Å². The van der Waals surface area contributed by atoms with E-state index in [2.05, 4.69) is 30.5 Å². The second kappa shape index (κ2) is 3.22. The van der Waals surface area contributed by atoms with Gasteiger partial charge in [0.2, 0.25) is 0 Å². The molecule has 2 aliphatic rings. The van der Waals surface area contributed by atoms with E-state index in [1.807, 2.05) is 0 Å². The highest BCUT2D eigenvalue weighted by Gasteiger charge is 2.40. The maximum absolute atomic E-state index is 2.71. The fourth-order valence-corrected chi connectivity index (χ4v) is 3.49. The number of nitrogens with zero attached hydrogens (tertiary/aromatic N) is 1. The normalized spacial score (nSPS) is 36.0. The number of hydrogen-bond acceptors (Lipinski definition) is 2. The summed E-state index contributed by atoms with van der Waals surface area (Å²) in [6, 6.07) is 0.896. The molecule has 1 unspecified atom stereocenters. The van der Waals surface area contributed by atoms with E-state index in [-0.39, 0.29) is 0 Å². The minimum atomic E-state index is 0.516. The minimum Gasteiger partial charge on any atom is -0.294 e. The minimum absolute atomic E-state index is 0.516. The number of rotatable bonds is 1. The first-order valence-corrected chi connectivity index (χ1v) is 6.20. The summed E-state index contributed by atoms with van der Waals surface area (Å²) >= 11 is 2.14. The van der Waals surface area contributed by atoms with Gasteiger partial charge >= 0.3 is 0 Å². The largest absolute Gasteiger partial charge is 0.294 e. The average molecular weight is 185 g/mol. The summed E-state index contributed by atoms with van der Waals surface area (Å²) in [5.41, 5.74) is 0.516. The maximum atomic E-state index is 2.71. The van der Waals surface area contributed by atoms with Crippen molar-refractivity contribution < 1.29 is 0 Å². The van der Waals surface area contributed by atoms with Crippen LogP contribution >= 0.6 is 11.8 Å². The number of likely N-dealkylation sites (tertiary alicyclic amines) is 1. The van der Waals surface area contributed by atoms with Crippen molar-refractivity contribution in [2.45, 2.75) is 44.7 Å². The summed E-state index contributed by atoms with van der Waals surface area (Å²) in [5.74, 6) is 2.77. The Hall–Kier alpha value is 0.310. The van der Waals surface area contributed by atoms with Gasteiger partial charge < -0.3 is 0 Å². The predicted octanol–water partition coefficient (Wildman–Crippen LogP) is 2.37. The lowest BCUT2D eigenvalue weighted by Gasteiger charge is -2.53. The van der Waals surface area contributed by atoms with Crippen LogP contribution < -0.4 is 0 Å². The highest BCUT2D eigenvalue weighted by atomic mass is 32.2.